The minimum Gasteiger partial charge on any atom is -0.384 e. The van der Waals surface area contributed by atoms with E-state index in [-0.39, 0.29) is 5.91 Å². The van der Waals surface area contributed by atoms with Gasteiger partial charge in [-0.15, -0.1) is 0 Å². The van der Waals surface area contributed by atoms with Crippen LogP contribution in [0.15, 0.2) is 48.8 Å². The van der Waals surface area contributed by atoms with Crippen LogP contribution in [0.1, 0.15) is 52.9 Å². The lowest BCUT2D eigenvalue weighted by Gasteiger charge is -2.38. The van der Waals surface area contributed by atoms with Gasteiger partial charge in [0.1, 0.15) is 5.82 Å². The summed E-state index contributed by atoms with van der Waals surface area (Å²) in [5.41, 5.74) is 10.4. The SMILES string of the molecule is Cc1nccc(-c2ccc(C(=O)N3CCN(C4CCCC4)CC3)c(Cl)c2)c1C#Cc1ccc(N)nc1. The number of piperazine rings is 1. The number of anilines is 1. The number of nitrogens with two attached hydrogens (primary N) is 1. The van der Waals surface area contributed by atoms with E-state index in [1.807, 2.05) is 42.2 Å². The molecule has 1 saturated carbocycles. The molecule has 1 amide bonds. The number of aryl methyl sites for hydroxylation is 1. The molecule has 5 rings (SSSR count). The molecule has 36 heavy (non-hydrogen) atoms. The molecule has 0 radical (unpaired) electrons. The highest BCUT2D eigenvalue weighted by atomic mass is 35.5. The normalized spacial score (nSPS) is 16.6. The molecule has 0 bridgehead atoms. The molecule has 184 valence electrons. The quantitative estimate of drug-likeness (QED) is 0.524. The number of hydrogen-bond acceptors (Lipinski definition) is 5. The molecule has 0 atom stereocenters. The second-order valence-corrected chi connectivity index (χ2v) is 9.91. The fourth-order valence-corrected chi connectivity index (χ4v) is 5.43. The molecule has 2 fully saturated rings. The van der Waals surface area contributed by atoms with E-state index in [1.54, 1.807) is 18.5 Å². The van der Waals surface area contributed by atoms with Crippen molar-refractivity contribution in [1.29, 1.82) is 0 Å². The van der Waals surface area contributed by atoms with Crippen LogP contribution in [0.2, 0.25) is 5.02 Å². The standard InChI is InChI=1S/C29H30ClN5O/c1-20-24(9-6-21-7-11-28(31)33-19-21)25(12-13-32-20)22-8-10-26(27(30)18-22)29(36)35-16-14-34(15-17-35)23-4-2-3-5-23/h7-8,10-13,18-19,23H,2-5,14-17H2,1H3,(H2,31,33). The highest BCUT2D eigenvalue weighted by Crippen LogP contribution is 2.30. The molecule has 2 N–H and O–H groups in total. The third-order valence-corrected chi connectivity index (χ3v) is 7.52. The average molecular weight is 500 g/mol. The molecule has 1 aromatic carbocycles. The molecular weight excluding hydrogens is 470 g/mol. The fourth-order valence-electron chi connectivity index (χ4n) is 5.16. The number of rotatable bonds is 3. The maximum absolute atomic E-state index is 13.3. The summed E-state index contributed by atoms with van der Waals surface area (Å²) in [7, 11) is 0. The Hall–Kier alpha value is -3.40. The number of benzene rings is 1. The van der Waals surface area contributed by atoms with Gasteiger partial charge in [0.2, 0.25) is 0 Å². The smallest absolute Gasteiger partial charge is 0.255 e. The summed E-state index contributed by atoms with van der Waals surface area (Å²) in [5.74, 6) is 6.84. The molecule has 6 nitrogen and oxygen atoms in total. The molecule has 3 aromatic rings. The van der Waals surface area contributed by atoms with Crippen LogP contribution in [0, 0.1) is 18.8 Å². The monoisotopic (exact) mass is 499 g/mol. The van der Waals surface area contributed by atoms with Crippen molar-refractivity contribution >= 4 is 23.3 Å². The maximum atomic E-state index is 13.3. The average Bonchev–Trinajstić information content (AvgIpc) is 3.44. The zero-order valence-electron chi connectivity index (χ0n) is 20.5. The predicted molar refractivity (Wildman–Crippen MR) is 144 cm³/mol. The van der Waals surface area contributed by atoms with Crippen LogP contribution >= 0.6 is 11.6 Å². The minimum absolute atomic E-state index is 0.000559. The molecule has 2 aliphatic rings. The first-order valence-corrected chi connectivity index (χ1v) is 12.9. The summed E-state index contributed by atoms with van der Waals surface area (Å²) in [6, 6.07) is 11.8. The van der Waals surface area contributed by atoms with E-state index in [4.69, 9.17) is 17.3 Å². The second kappa shape index (κ2) is 10.7. The third-order valence-electron chi connectivity index (χ3n) is 7.21. The number of hydrogen-bond donors (Lipinski definition) is 1. The molecular formula is C29H30ClN5O. The zero-order valence-corrected chi connectivity index (χ0v) is 21.3. The molecule has 1 aliphatic heterocycles. The molecule has 0 unspecified atom stereocenters. The van der Waals surface area contributed by atoms with E-state index in [2.05, 4.69) is 26.7 Å². The summed E-state index contributed by atoms with van der Waals surface area (Å²) >= 11 is 6.68. The summed E-state index contributed by atoms with van der Waals surface area (Å²) < 4.78 is 0. The number of nitrogens with zero attached hydrogens (tertiary/aromatic N) is 4. The molecule has 2 aromatic heterocycles. The van der Waals surface area contributed by atoms with E-state index in [0.717, 1.165) is 54.1 Å². The highest BCUT2D eigenvalue weighted by Gasteiger charge is 2.29. The Labute approximate surface area is 217 Å². The lowest BCUT2D eigenvalue weighted by atomic mass is 9.98. The van der Waals surface area contributed by atoms with E-state index in [9.17, 15) is 4.79 Å². The Kier molecular flexibility index (Phi) is 7.22. The second-order valence-electron chi connectivity index (χ2n) is 9.50. The van der Waals surface area contributed by atoms with Crippen LogP contribution in [-0.2, 0) is 0 Å². The molecule has 7 heteroatoms. The van der Waals surface area contributed by atoms with E-state index in [0.29, 0.717) is 22.4 Å². The van der Waals surface area contributed by atoms with Gasteiger partial charge in [-0.25, -0.2) is 4.98 Å². The number of amides is 1. The molecule has 1 saturated heterocycles. The van der Waals surface area contributed by atoms with Gasteiger partial charge < -0.3 is 10.6 Å². The molecule has 3 heterocycles. The van der Waals surface area contributed by atoms with Crippen molar-refractivity contribution in [2.75, 3.05) is 31.9 Å². The van der Waals surface area contributed by atoms with Gasteiger partial charge in [-0.05, 0) is 55.7 Å². The number of halogens is 1. The van der Waals surface area contributed by atoms with Gasteiger partial charge in [-0.2, -0.15) is 0 Å². The van der Waals surface area contributed by atoms with Crippen LogP contribution in [0.3, 0.4) is 0 Å². The van der Waals surface area contributed by atoms with Crippen molar-refractivity contribution in [3.8, 4) is 23.0 Å². The van der Waals surface area contributed by atoms with Crippen LogP contribution in [0.25, 0.3) is 11.1 Å². The Balaban J connectivity index is 1.35. The number of pyridine rings is 2. The molecule has 0 spiro atoms. The van der Waals surface area contributed by atoms with E-state index in [1.165, 1.54) is 25.7 Å². The van der Waals surface area contributed by atoms with Crippen molar-refractivity contribution < 1.29 is 4.79 Å². The van der Waals surface area contributed by atoms with Crippen LogP contribution in [-0.4, -0.2) is 57.9 Å². The molecule has 1 aliphatic carbocycles. The van der Waals surface area contributed by atoms with Gasteiger partial charge >= 0.3 is 0 Å². The predicted octanol–water partition coefficient (Wildman–Crippen LogP) is 4.79. The van der Waals surface area contributed by atoms with Gasteiger partial charge in [-0.1, -0.05) is 42.3 Å². The topological polar surface area (TPSA) is 75.4 Å². The van der Waals surface area contributed by atoms with E-state index >= 15 is 0 Å². The summed E-state index contributed by atoms with van der Waals surface area (Å²) in [4.78, 5) is 26.3. The lowest BCUT2D eigenvalue weighted by Crippen LogP contribution is -2.51. The van der Waals surface area contributed by atoms with Crippen LogP contribution in [0.4, 0.5) is 5.82 Å². The Morgan fingerprint density at radius 2 is 1.81 bits per heavy atom. The van der Waals surface area contributed by atoms with Crippen molar-refractivity contribution in [3.63, 3.8) is 0 Å². The van der Waals surface area contributed by atoms with Crippen LogP contribution < -0.4 is 5.73 Å². The number of carbonyl (C=O) groups is 1. The van der Waals surface area contributed by atoms with Gasteiger partial charge in [0.25, 0.3) is 5.91 Å². The van der Waals surface area contributed by atoms with E-state index < -0.39 is 0 Å². The zero-order chi connectivity index (χ0) is 25.1. The first kappa shape index (κ1) is 24.3. The first-order chi connectivity index (χ1) is 17.5. The van der Waals surface area contributed by atoms with Gasteiger partial charge in [0.15, 0.2) is 0 Å². The van der Waals surface area contributed by atoms with Gasteiger partial charge in [-0.3, -0.25) is 14.7 Å². The van der Waals surface area contributed by atoms with Gasteiger partial charge in [0, 0.05) is 55.7 Å². The van der Waals surface area contributed by atoms with Crippen LogP contribution in [0.5, 0.6) is 0 Å². The number of aromatic nitrogens is 2. The van der Waals surface area contributed by atoms with Gasteiger partial charge in [0.05, 0.1) is 21.8 Å². The Morgan fingerprint density at radius 1 is 1.03 bits per heavy atom. The Bertz CT molecular complexity index is 1310. The van der Waals surface area contributed by atoms with Crippen molar-refractivity contribution in [2.45, 2.75) is 38.6 Å². The van der Waals surface area contributed by atoms with Crippen molar-refractivity contribution in [2.24, 2.45) is 0 Å². The fraction of sp³-hybridized carbons (Fsp3) is 0.345. The lowest BCUT2D eigenvalue weighted by molar-refractivity contribution is 0.0573. The summed E-state index contributed by atoms with van der Waals surface area (Å²) in [5, 5.41) is 0.451. The summed E-state index contributed by atoms with van der Waals surface area (Å²) in [6.07, 6.45) is 8.65. The largest absolute Gasteiger partial charge is 0.384 e. The number of nitrogen functional groups attached to an aromatic ring is 1. The maximum Gasteiger partial charge on any atom is 0.255 e. The van der Waals surface area contributed by atoms with Crippen molar-refractivity contribution in [3.05, 3.63) is 76.2 Å². The van der Waals surface area contributed by atoms with Crippen molar-refractivity contribution in [1.82, 2.24) is 19.8 Å². The number of carbonyl (C=O) groups excluding carboxylic acids is 1. The Morgan fingerprint density at radius 3 is 2.50 bits per heavy atom. The highest BCUT2D eigenvalue weighted by molar-refractivity contribution is 6.34. The summed E-state index contributed by atoms with van der Waals surface area (Å²) in [6.45, 7) is 5.30. The first-order valence-electron chi connectivity index (χ1n) is 12.5. The third kappa shape index (κ3) is 5.23. The minimum atomic E-state index is -0.000559.